The summed E-state index contributed by atoms with van der Waals surface area (Å²) in [5.41, 5.74) is 3.58. The summed E-state index contributed by atoms with van der Waals surface area (Å²) in [6.07, 6.45) is 0. The van der Waals surface area contributed by atoms with Crippen LogP contribution in [0.2, 0.25) is 0 Å². The highest BCUT2D eigenvalue weighted by atomic mass is 32.1. The number of carbonyl (C=O) groups is 1. The van der Waals surface area contributed by atoms with Crippen molar-refractivity contribution in [3.05, 3.63) is 52.3 Å². The van der Waals surface area contributed by atoms with Crippen molar-refractivity contribution in [1.82, 2.24) is 4.98 Å². The van der Waals surface area contributed by atoms with Gasteiger partial charge in [-0.2, -0.15) is 0 Å². The number of benzene rings is 1. The van der Waals surface area contributed by atoms with Crippen LogP contribution in [0.3, 0.4) is 0 Å². The highest BCUT2D eigenvalue weighted by Crippen LogP contribution is 2.30. The molecule has 4 heteroatoms. The molecule has 0 radical (unpaired) electrons. The van der Waals surface area contributed by atoms with Crippen molar-refractivity contribution in [3.8, 4) is 11.1 Å². The van der Waals surface area contributed by atoms with Gasteiger partial charge in [0.05, 0.1) is 5.52 Å². The second-order valence-corrected chi connectivity index (χ2v) is 5.24. The van der Waals surface area contributed by atoms with Gasteiger partial charge in [0.1, 0.15) is 4.88 Å². The lowest BCUT2D eigenvalue weighted by atomic mass is 10.0. The molecule has 1 aromatic carbocycles. The minimum absolute atomic E-state index is 0.374. The molecule has 3 aromatic rings. The van der Waals surface area contributed by atoms with Gasteiger partial charge in [0, 0.05) is 16.6 Å². The van der Waals surface area contributed by atoms with E-state index in [1.165, 1.54) is 11.3 Å². The molecule has 3 nitrogen and oxygen atoms in total. The van der Waals surface area contributed by atoms with Gasteiger partial charge in [-0.1, -0.05) is 12.1 Å². The third-order valence-electron chi connectivity index (χ3n) is 3.00. The number of thiophene rings is 1. The molecule has 0 amide bonds. The summed E-state index contributed by atoms with van der Waals surface area (Å²) in [5, 5.41) is 12.0. The van der Waals surface area contributed by atoms with Gasteiger partial charge in [-0.15, -0.1) is 11.3 Å². The molecular weight excluding hydrogens is 258 g/mol. The van der Waals surface area contributed by atoms with Crippen LogP contribution < -0.4 is 0 Å². The van der Waals surface area contributed by atoms with Crippen molar-refractivity contribution in [1.29, 1.82) is 0 Å². The van der Waals surface area contributed by atoms with Gasteiger partial charge in [0.15, 0.2) is 0 Å². The van der Waals surface area contributed by atoms with Gasteiger partial charge in [-0.3, -0.25) is 4.98 Å². The van der Waals surface area contributed by atoms with Crippen LogP contribution in [0, 0.1) is 6.92 Å². The normalized spacial score (nSPS) is 10.8. The maximum Gasteiger partial charge on any atom is 0.346 e. The molecule has 0 spiro atoms. The minimum Gasteiger partial charge on any atom is -0.477 e. The summed E-state index contributed by atoms with van der Waals surface area (Å²) in [5.74, 6) is -0.882. The molecule has 1 N–H and O–H groups in total. The average Bonchev–Trinajstić information content (AvgIpc) is 2.87. The first-order valence-electron chi connectivity index (χ1n) is 5.84. The van der Waals surface area contributed by atoms with Gasteiger partial charge in [-0.05, 0) is 42.1 Å². The second kappa shape index (κ2) is 4.48. The van der Waals surface area contributed by atoms with Gasteiger partial charge >= 0.3 is 5.97 Å². The number of aromatic carboxylic acids is 1. The molecule has 0 saturated carbocycles. The largest absolute Gasteiger partial charge is 0.477 e. The number of fused-ring (bicyclic) bond motifs is 1. The molecular formula is C15H11NO2S. The standard InChI is InChI=1S/C15H11NO2S/c1-9-2-3-11-8-10(4-5-13(11)16-9)12-6-7-19-14(12)15(17)18/h2-8H,1H3,(H,17,18). The zero-order valence-electron chi connectivity index (χ0n) is 10.3. The minimum atomic E-state index is -0.882. The molecule has 2 aromatic heterocycles. The fraction of sp³-hybridized carbons (Fsp3) is 0.0667. The summed E-state index contributed by atoms with van der Waals surface area (Å²) < 4.78 is 0. The second-order valence-electron chi connectivity index (χ2n) is 4.33. The van der Waals surface area contributed by atoms with Gasteiger partial charge in [-0.25, -0.2) is 4.79 Å². The number of hydrogen-bond donors (Lipinski definition) is 1. The Labute approximate surface area is 114 Å². The molecule has 0 atom stereocenters. The van der Waals surface area contributed by atoms with Gasteiger partial charge in [0.25, 0.3) is 0 Å². The SMILES string of the molecule is Cc1ccc2cc(-c3ccsc3C(=O)O)ccc2n1. The number of aromatic nitrogens is 1. The molecule has 2 heterocycles. The Morgan fingerprint density at radius 2 is 2.05 bits per heavy atom. The van der Waals surface area contributed by atoms with Crippen molar-refractivity contribution >= 4 is 28.2 Å². The first-order chi connectivity index (χ1) is 9.15. The van der Waals surface area contributed by atoms with E-state index in [1.807, 2.05) is 43.3 Å². The van der Waals surface area contributed by atoms with Crippen molar-refractivity contribution < 1.29 is 9.90 Å². The Morgan fingerprint density at radius 1 is 1.21 bits per heavy atom. The van der Waals surface area contributed by atoms with Crippen molar-refractivity contribution in [2.24, 2.45) is 0 Å². The third-order valence-corrected chi connectivity index (χ3v) is 3.90. The maximum absolute atomic E-state index is 11.2. The first kappa shape index (κ1) is 11.9. The Bertz CT molecular complexity index is 777. The molecule has 0 aliphatic heterocycles. The topological polar surface area (TPSA) is 50.2 Å². The molecule has 0 unspecified atom stereocenters. The number of carboxylic acids is 1. The lowest BCUT2D eigenvalue weighted by Gasteiger charge is -2.04. The number of rotatable bonds is 2. The van der Waals surface area contributed by atoms with E-state index in [-0.39, 0.29) is 0 Å². The number of aryl methyl sites for hydroxylation is 1. The number of carboxylic acid groups (broad SMARTS) is 1. The first-order valence-corrected chi connectivity index (χ1v) is 6.72. The van der Waals surface area contributed by atoms with Crippen LogP contribution in [-0.2, 0) is 0 Å². The Balaban J connectivity index is 2.18. The molecule has 3 rings (SSSR count). The zero-order valence-corrected chi connectivity index (χ0v) is 11.1. The Hall–Kier alpha value is -2.20. The summed E-state index contributed by atoms with van der Waals surface area (Å²) >= 11 is 1.25. The fourth-order valence-electron chi connectivity index (χ4n) is 2.10. The smallest absolute Gasteiger partial charge is 0.346 e. The van der Waals surface area contributed by atoms with E-state index in [2.05, 4.69) is 4.98 Å². The number of pyridine rings is 1. The Morgan fingerprint density at radius 3 is 2.84 bits per heavy atom. The summed E-state index contributed by atoms with van der Waals surface area (Å²) in [4.78, 5) is 16.0. The predicted molar refractivity (Wildman–Crippen MR) is 76.8 cm³/mol. The molecule has 0 aliphatic rings. The predicted octanol–water partition coefficient (Wildman–Crippen LogP) is 3.97. The van der Waals surface area contributed by atoms with Crippen LogP contribution in [0.5, 0.6) is 0 Å². The third kappa shape index (κ3) is 2.11. The quantitative estimate of drug-likeness (QED) is 0.765. The van der Waals surface area contributed by atoms with E-state index in [1.54, 1.807) is 5.38 Å². The molecule has 0 saturated heterocycles. The Kier molecular flexibility index (Phi) is 2.80. The van der Waals surface area contributed by atoms with E-state index in [4.69, 9.17) is 5.11 Å². The lowest BCUT2D eigenvalue weighted by Crippen LogP contribution is -1.94. The van der Waals surface area contributed by atoms with E-state index in [0.29, 0.717) is 4.88 Å². The zero-order chi connectivity index (χ0) is 13.4. The van der Waals surface area contributed by atoms with Crippen LogP contribution in [0.25, 0.3) is 22.0 Å². The van der Waals surface area contributed by atoms with E-state index < -0.39 is 5.97 Å². The van der Waals surface area contributed by atoms with Crippen LogP contribution in [0.4, 0.5) is 0 Å². The lowest BCUT2D eigenvalue weighted by molar-refractivity contribution is 0.0703. The molecule has 0 bridgehead atoms. The van der Waals surface area contributed by atoms with Crippen LogP contribution in [-0.4, -0.2) is 16.1 Å². The van der Waals surface area contributed by atoms with Crippen molar-refractivity contribution in [2.45, 2.75) is 6.92 Å². The monoisotopic (exact) mass is 269 g/mol. The van der Waals surface area contributed by atoms with E-state index in [9.17, 15) is 4.79 Å². The molecule has 19 heavy (non-hydrogen) atoms. The van der Waals surface area contributed by atoms with E-state index >= 15 is 0 Å². The molecule has 0 aliphatic carbocycles. The van der Waals surface area contributed by atoms with Crippen molar-refractivity contribution in [3.63, 3.8) is 0 Å². The van der Waals surface area contributed by atoms with Gasteiger partial charge in [0.2, 0.25) is 0 Å². The number of nitrogens with zero attached hydrogens (tertiary/aromatic N) is 1. The molecule has 94 valence electrons. The summed E-state index contributed by atoms with van der Waals surface area (Å²) in [7, 11) is 0. The summed E-state index contributed by atoms with van der Waals surface area (Å²) in [6.45, 7) is 1.95. The molecule has 0 fully saturated rings. The maximum atomic E-state index is 11.2. The van der Waals surface area contributed by atoms with Crippen molar-refractivity contribution in [2.75, 3.05) is 0 Å². The van der Waals surface area contributed by atoms with E-state index in [0.717, 1.165) is 27.7 Å². The highest BCUT2D eigenvalue weighted by Gasteiger charge is 2.13. The fourth-order valence-corrected chi connectivity index (χ4v) is 2.85. The number of hydrogen-bond acceptors (Lipinski definition) is 3. The van der Waals surface area contributed by atoms with Crippen LogP contribution in [0.15, 0.2) is 41.8 Å². The van der Waals surface area contributed by atoms with Crippen LogP contribution >= 0.6 is 11.3 Å². The van der Waals surface area contributed by atoms with Gasteiger partial charge < -0.3 is 5.11 Å². The highest BCUT2D eigenvalue weighted by molar-refractivity contribution is 7.12. The average molecular weight is 269 g/mol. The summed E-state index contributed by atoms with van der Waals surface area (Å²) in [6, 6.07) is 11.6. The van der Waals surface area contributed by atoms with Crippen LogP contribution in [0.1, 0.15) is 15.4 Å².